The van der Waals surface area contributed by atoms with Crippen LogP contribution in [0.15, 0.2) is 24.5 Å². The molecule has 0 unspecified atom stereocenters. The van der Waals surface area contributed by atoms with Crippen LogP contribution in [0.25, 0.3) is 0 Å². The lowest BCUT2D eigenvalue weighted by atomic mass is 10.4. The number of ether oxygens (including phenoxy) is 1. The molecule has 0 amide bonds. The van der Waals surface area contributed by atoms with Crippen molar-refractivity contribution in [1.82, 2.24) is 5.10 Å². The minimum atomic E-state index is -0.215. The van der Waals surface area contributed by atoms with Crippen LogP contribution in [0.2, 0.25) is 0 Å². The number of carbonyl (C=O) groups excluding carboxylic acids is 1. The first-order valence-corrected chi connectivity index (χ1v) is 3.70. The number of halogens is 1. The molecule has 0 bridgehead atoms. The van der Waals surface area contributed by atoms with Crippen LogP contribution in [-0.2, 0) is 16.1 Å². The van der Waals surface area contributed by atoms with Crippen molar-refractivity contribution in [3.05, 3.63) is 24.5 Å². The van der Waals surface area contributed by atoms with Crippen molar-refractivity contribution in [1.29, 1.82) is 0 Å². The zero-order chi connectivity index (χ0) is 8.81. The molecule has 0 spiro atoms. The summed E-state index contributed by atoms with van der Waals surface area (Å²) in [6, 6.07) is 3.69. The largest absolute Gasteiger partial charge is 1.00 e. The third-order valence-corrected chi connectivity index (χ3v) is 1.44. The minimum Gasteiger partial charge on any atom is -1.00 e. The van der Waals surface area contributed by atoms with Crippen LogP contribution in [0.1, 0.15) is 6.42 Å². The summed E-state index contributed by atoms with van der Waals surface area (Å²) in [7, 11) is 1.38. The Bertz CT molecular complexity index is 254. The van der Waals surface area contributed by atoms with E-state index in [4.69, 9.17) is 0 Å². The average Bonchev–Trinajstić information content (AvgIpc) is 2.16. The van der Waals surface area contributed by atoms with Crippen molar-refractivity contribution in [2.45, 2.75) is 13.0 Å². The lowest BCUT2D eigenvalue weighted by Gasteiger charge is -1.93. The molecule has 0 saturated carbocycles. The van der Waals surface area contributed by atoms with Gasteiger partial charge in [0.15, 0.2) is 12.7 Å². The highest BCUT2D eigenvalue weighted by Crippen LogP contribution is 1.82. The van der Waals surface area contributed by atoms with Gasteiger partial charge in [0.2, 0.25) is 0 Å². The second-order valence-electron chi connectivity index (χ2n) is 2.29. The van der Waals surface area contributed by atoms with Gasteiger partial charge in [0.05, 0.1) is 13.3 Å². The summed E-state index contributed by atoms with van der Waals surface area (Å²) in [4.78, 5) is 10.7. The van der Waals surface area contributed by atoms with Crippen molar-refractivity contribution in [2.24, 2.45) is 0 Å². The van der Waals surface area contributed by atoms with E-state index in [-0.39, 0.29) is 23.0 Å². The van der Waals surface area contributed by atoms with Crippen LogP contribution >= 0.6 is 0 Å². The number of esters is 1. The zero-order valence-corrected chi connectivity index (χ0v) is 8.90. The molecule has 0 aliphatic heterocycles. The maximum atomic E-state index is 10.7. The summed E-state index contributed by atoms with van der Waals surface area (Å²) in [6.07, 6.45) is 3.85. The molecule has 0 radical (unpaired) electrons. The van der Waals surface area contributed by atoms with Crippen LogP contribution in [0.4, 0.5) is 0 Å². The zero-order valence-electron chi connectivity index (χ0n) is 7.31. The van der Waals surface area contributed by atoms with E-state index < -0.39 is 0 Å². The molecule has 0 aliphatic rings. The van der Waals surface area contributed by atoms with Crippen LogP contribution in [-0.4, -0.2) is 18.2 Å². The molecule has 0 N–H and O–H groups in total. The van der Waals surface area contributed by atoms with Gasteiger partial charge < -0.3 is 21.7 Å². The van der Waals surface area contributed by atoms with E-state index in [1.54, 1.807) is 10.9 Å². The highest BCUT2D eigenvalue weighted by Gasteiger charge is 2.05. The molecule has 0 fully saturated rings. The fourth-order valence-electron chi connectivity index (χ4n) is 0.802. The molecule has 72 valence electrons. The normalized spacial score (nSPS) is 8.69. The van der Waals surface area contributed by atoms with Gasteiger partial charge in [0.1, 0.15) is 6.42 Å². The Balaban J connectivity index is 0.00000144. The molecule has 5 heteroatoms. The Morgan fingerprint density at radius 3 is 2.85 bits per heavy atom. The van der Waals surface area contributed by atoms with E-state index >= 15 is 0 Å². The Morgan fingerprint density at radius 2 is 2.31 bits per heavy atom. The summed E-state index contributed by atoms with van der Waals surface area (Å²) < 4.78 is 6.18. The molecule has 1 aromatic heterocycles. The highest BCUT2D eigenvalue weighted by atomic mass is 79.9. The van der Waals surface area contributed by atoms with Gasteiger partial charge in [-0.25, -0.2) is 0 Å². The summed E-state index contributed by atoms with van der Waals surface area (Å²) >= 11 is 0. The van der Waals surface area contributed by atoms with Crippen molar-refractivity contribution in [2.75, 3.05) is 7.11 Å². The van der Waals surface area contributed by atoms with Crippen LogP contribution in [0.3, 0.4) is 0 Å². The van der Waals surface area contributed by atoms with E-state index in [0.717, 1.165) is 0 Å². The van der Waals surface area contributed by atoms with Gasteiger partial charge >= 0.3 is 5.97 Å². The Hall–Kier alpha value is -0.970. The van der Waals surface area contributed by atoms with Crippen LogP contribution < -0.4 is 21.7 Å². The van der Waals surface area contributed by atoms with E-state index in [1.165, 1.54) is 7.11 Å². The maximum Gasteiger partial charge on any atom is 0.312 e. The number of hydrogen-bond donors (Lipinski definition) is 0. The predicted octanol–water partition coefficient (Wildman–Crippen LogP) is -3.06. The Morgan fingerprint density at radius 1 is 1.54 bits per heavy atom. The molecule has 0 aromatic carbocycles. The number of nitrogens with zero attached hydrogens (tertiary/aromatic N) is 2. The van der Waals surface area contributed by atoms with Gasteiger partial charge in [0.25, 0.3) is 0 Å². The summed E-state index contributed by atoms with van der Waals surface area (Å²) in [5, 5.41) is 3.99. The smallest absolute Gasteiger partial charge is 0.312 e. The predicted molar refractivity (Wildman–Crippen MR) is 41.1 cm³/mol. The summed E-state index contributed by atoms with van der Waals surface area (Å²) in [5.41, 5.74) is 0. The van der Waals surface area contributed by atoms with Gasteiger partial charge in [-0.1, -0.05) is 4.68 Å². The first kappa shape index (κ1) is 12.0. The molecular weight excluding hydrogens is 236 g/mol. The minimum absolute atomic E-state index is 0. The van der Waals surface area contributed by atoms with E-state index in [0.29, 0.717) is 13.0 Å². The molecule has 0 atom stereocenters. The standard InChI is InChI=1S/C8H11N2O2.BrH/c1-12-8(11)4-7-10-6-3-2-5-9-10;/h2-3,5-6H,4,7H2,1H3;1H/q+1;/p-1. The topological polar surface area (TPSA) is 43.1 Å². The number of aromatic nitrogens is 2. The number of hydrogen-bond acceptors (Lipinski definition) is 3. The number of aryl methyl sites for hydroxylation is 1. The molecule has 0 saturated heterocycles. The maximum absolute atomic E-state index is 10.7. The fraction of sp³-hybridized carbons (Fsp3) is 0.375. The molecule has 1 heterocycles. The van der Waals surface area contributed by atoms with E-state index in [2.05, 4.69) is 9.84 Å². The highest BCUT2D eigenvalue weighted by molar-refractivity contribution is 5.68. The van der Waals surface area contributed by atoms with Crippen molar-refractivity contribution >= 4 is 5.97 Å². The molecule has 4 nitrogen and oxygen atoms in total. The quantitative estimate of drug-likeness (QED) is 0.420. The first-order chi connectivity index (χ1) is 5.83. The fourth-order valence-corrected chi connectivity index (χ4v) is 0.802. The lowest BCUT2D eigenvalue weighted by molar-refractivity contribution is -0.753. The lowest BCUT2D eigenvalue weighted by Crippen LogP contribution is -3.00. The average molecular weight is 247 g/mol. The first-order valence-electron chi connectivity index (χ1n) is 3.70. The number of methoxy groups -OCH3 is 1. The van der Waals surface area contributed by atoms with Gasteiger partial charge in [-0.3, -0.25) is 4.79 Å². The third-order valence-electron chi connectivity index (χ3n) is 1.44. The monoisotopic (exact) mass is 246 g/mol. The molecular formula is C8H11BrN2O2. The SMILES string of the molecule is COC(=O)CC[n+]1ccccn1.[Br-]. The third kappa shape index (κ3) is 4.57. The van der Waals surface area contributed by atoms with Crippen LogP contribution in [0, 0.1) is 0 Å². The van der Waals surface area contributed by atoms with Crippen molar-refractivity contribution < 1.29 is 31.2 Å². The van der Waals surface area contributed by atoms with Crippen molar-refractivity contribution in [3.8, 4) is 0 Å². The van der Waals surface area contributed by atoms with E-state index in [1.807, 2.05) is 18.3 Å². The van der Waals surface area contributed by atoms with Gasteiger partial charge in [0, 0.05) is 6.07 Å². The van der Waals surface area contributed by atoms with Gasteiger partial charge in [-0.2, -0.15) is 0 Å². The molecule has 0 aliphatic carbocycles. The van der Waals surface area contributed by atoms with E-state index in [9.17, 15) is 4.79 Å². The summed E-state index contributed by atoms with van der Waals surface area (Å²) in [6.45, 7) is 0.563. The van der Waals surface area contributed by atoms with Crippen molar-refractivity contribution in [3.63, 3.8) is 0 Å². The number of rotatable bonds is 3. The Labute approximate surface area is 87.3 Å². The summed E-state index contributed by atoms with van der Waals surface area (Å²) in [5.74, 6) is -0.215. The molecule has 1 rings (SSSR count). The second kappa shape index (κ2) is 6.54. The van der Waals surface area contributed by atoms with Gasteiger partial charge in [-0.15, -0.1) is 0 Å². The Kier molecular flexibility index (Phi) is 6.05. The van der Waals surface area contributed by atoms with Crippen LogP contribution in [0.5, 0.6) is 0 Å². The molecule has 13 heavy (non-hydrogen) atoms. The van der Waals surface area contributed by atoms with Gasteiger partial charge in [-0.05, 0) is 11.2 Å². The number of carbonyl (C=O) groups is 1. The molecule has 1 aromatic rings. The second-order valence-corrected chi connectivity index (χ2v) is 2.29.